The van der Waals surface area contributed by atoms with Gasteiger partial charge in [-0.1, -0.05) is 11.2 Å². The van der Waals surface area contributed by atoms with Crippen molar-refractivity contribution < 1.29 is 27.2 Å². The number of aromatic nitrogens is 1. The van der Waals surface area contributed by atoms with E-state index in [2.05, 4.69) is 15.0 Å². The highest BCUT2D eigenvalue weighted by Gasteiger charge is 2.37. The van der Waals surface area contributed by atoms with Gasteiger partial charge in [-0.25, -0.2) is 0 Å². The lowest BCUT2D eigenvalue weighted by Gasteiger charge is -2.16. The molecule has 0 radical (unpaired) electrons. The topological polar surface area (TPSA) is 64.4 Å². The second-order valence-electron chi connectivity index (χ2n) is 4.18. The number of hydrogen-bond acceptors (Lipinski definition) is 4. The van der Waals surface area contributed by atoms with Crippen molar-refractivity contribution in [3.05, 3.63) is 41.3 Å². The van der Waals surface area contributed by atoms with Gasteiger partial charge in [0, 0.05) is 5.56 Å². The van der Waals surface area contributed by atoms with Crippen LogP contribution in [0.15, 0.2) is 29.0 Å². The van der Waals surface area contributed by atoms with E-state index < -0.39 is 23.3 Å². The Balaban J connectivity index is 2.41. The van der Waals surface area contributed by atoms with Crippen molar-refractivity contribution in [1.82, 2.24) is 5.16 Å². The van der Waals surface area contributed by atoms with E-state index in [1.165, 1.54) is 18.4 Å². The van der Waals surface area contributed by atoms with Gasteiger partial charge in [-0.15, -0.1) is 0 Å². The van der Waals surface area contributed by atoms with Crippen LogP contribution in [0.1, 0.15) is 21.6 Å². The predicted octanol–water partition coefficient (Wildman–Crippen LogP) is 3.26. The van der Waals surface area contributed by atoms with Crippen molar-refractivity contribution in [2.45, 2.75) is 13.1 Å². The largest absolute Gasteiger partial charge is 0.496 e. The van der Waals surface area contributed by atoms with E-state index in [0.717, 1.165) is 13.2 Å². The minimum atomic E-state index is -4.67. The minimum Gasteiger partial charge on any atom is -0.496 e. The summed E-state index contributed by atoms with van der Waals surface area (Å²) in [6.45, 7) is 1.56. The Hall–Kier alpha value is -2.51. The maximum Gasteiger partial charge on any atom is 0.421 e. The Morgan fingerprint density at radius 3 is 2.62 bits per heavy atom. The fourth-order valence-electron chi connectivity index (χ4n) is 1.79. The second-order valence-corrected chi connectivity index (χ2v) is 4.18. The summed E-state index contributed by atoms with van der Waals surface area (Å²) in [6, 6.07) is 3.65. The number of nitrogens with zero attached hydrogens (tertiary/aromatic N) is 1. The number of methoxy groups -OCH3 is 1. The van der Waals surface area contributed by atoms with Crippen molar-refractivity contribution in [1.29, 1.82) is 0 Å². The lowest BCUT2D eigenvalue weighted by atomic mass is 10.1. The Bertz CT molecular complexity index is 665. The molecule has 0 aliphatic carbocycles. The molecule has 2 aromatic rings. The average molecular weight is 300 g/mol. The van der Waals surface area contributed by atoms with Crippen LogP contribution >= 0.6 is 0 Å². The van der Waals surface area contributed by atoms with Gasteiger partial charge in [-0.2, -0.15) is 13.2 Å². The number of aryl methyl sites for hydroxylation is 1. The third-order valence-corrected chi connectivity index (χ3v) is 2.74. The van der Waals surface area contributed by atoms with E-state index in [1.807, 2.05) is 0 Å². The summed E-state index contributed by atoms with van der Waals surface area (Å²) in [5, 5.41) is 5.62. The minimum absolute atomic E-state index is 0.0778. The Labute approximate surface area is 117 Å². The maximum atomic E-state index is 13.1. The molecular formula is C13H11F3N2O3. The summed E-state index contributed by atoms with van der Waals surface area (Å²) in [7, 11) is 1.12. The first-order valence-electron chi connectivity index (χ1n) is 5.81. The molecule has 0 unspecified atom stereocenters. The Morgan fingerprint density at radius 1 is 1.38 bits per heavy atom. The lowest BCUT2D eigenvalue weighted by Crippen LogP contribution is -2.18. The van der Waals surface area contributed by atoms with Crippen LogP contribution < -0.4 is 10.1 Å². The highest BCUT2D eigenvalue weighted by molar-refractivity contribution is 6.04. The molecule has 0 spiro atoms. The molecule has 5 nitrogen and oxygen atoms in total. The van der Waals surface area contributed by atoms with Gasteiger partial charge in [0.05, 0.1) is 12.8 Å². The summed E-state index contributed by atoms with van der Waals surface area (Å²) in [4.78, 5) is 11.9. The van der Waals surface area contributed by atoms with E-state index in [9.17, 15) is 18.0 Å². The Morgan fingerprint density at radius 2 is 2.10 bits per heavy atom. The molecule has 21 heavy (non-hydrogen) atoms. The van der Waals surface area contributed by atoms with E-state index in [0.29, 0.717) is 5.56 Å². The number of anilines is 1. The highest BCUT2D eigenvalue weighted by atomic mass is 19.4. The number of ether oxygens (including phenoxy) is 1. The van der Waals surface area contributed by atoms with Crippen LogP contribution in [-0.2, 0) is 6.18 Å². The van der Waals surface area contributed by atoms with Gasteiger partial charge in [0.15, 0.2) is 5.69 Å². The number of carbonyl (C=O) groups is 1. The third kappa shape index (κ3) is 2.99. The van der Waals surface area contributed by atoms with Crippen molar-refractivity contribution in [2.75, 3.05) is 12.4 Å². The third-order valence-electron chi connectivity index (χ3n) is 2.74. The zero-order chi connectivity index (χ0) is 15.6. The van der Waals surface area contributed by atoms with Crippen LogP contribution in [0, 0.1) is 6.92 Å². The molecular weight excluding hydrogens is 289 g/mol. The summed E-state index contributed by atoms with van der Waals surface area (Å²) >= 11 is 0. The van der Waals surface area contributed by atoms with Crippen LogP contribution in [0.3, 0.4) is 0 Å². The van der Waals surface area contributed by atoms with E-state index in [1.54, 1.807) is 6.92 Å². The zero-order valence-electron chi connectivity index (χ0n) is 11.1. The Kier molecular flexibility index (Phi) is 3.88. The van der Waals surface area contributed by atoms with Crippen LogP contribution in [0.2, 0.25) is 0 Å². The van der Waals surface area contributed by atoms with E-state index in [4.69, 9.17) is 4.74 Å². The van der Waals surface area contributed by atoms with Crippen LogP contribution in [0.5, 0.6) is 5.75 Å². The molecule has 1 amide bonds. The van der Waals surface area contributed by atoms with Crippen molar-refractivity contribution >= 4 is 11.6 Å². The molecule has 1 aromatic heterocycles. The van der Waals surface area contributed by atoms with Gasteiger partial charge < -0.3 is 14.6 Å². The van der Waals surface area contributed by atoms with Gasteiger partial charge in [0.2, 0.25) is 0 Å². The number of halogens is 3. The molecule has 112 valence electrons. The lowest BCUT2D eigenvalue weighted by molar-refractivity contribution is -0.138. The molecule has 8 heteroatoms. The summed E-state index contributed by atoms with van der Waals surface area (Å²) < 4.78 is 48.6. The molecule has 1 N–H and O–H groups in total. The molecule has 0 saturated carbocycles. The molecule has 0 fully saturated rings. The molecule has 0 atom stereocenters. The van der Waals surface area contributed by atoms with Crippen LogP contribution in [0.25, 0.3) is 0 Å². The molecule has 1 aromatic carbocycles. The number of alkyl halides is 3. The smallest absolute Gasteiger partial charge is 0.421 e. The van der Waals surface area contributed by atoms with Gasteiger partial charge in [0.1, 0.15) is 17.6 Å². The number of nitrogens with one attached hydrogen (secondary N) is 1. The number of rotatable bonds is 3. The standard InChI is InChI=1S/C13H11F3N2O3/c1-7-6-21-18-11(7)12(19)17-8-4-3-5-9(20-2)10(8)13(14,15)16/h3-6H,1-2H3,(H,17,19). The predicted molar refractivity (Wildman–Crippen MR) is 67.2 cm³/mol. The molecule has 0 bridgehead atoms. The van der Waals surface area contributed by atoms with Gasteiger partial charge >= 0.3 is 6.18 Å². The first-order chi connectivity index (χ1) is 9.84. The number of benzene rings is 1. The van der Waals surface area contributed by atoms with E-state index in [-0.39, 0.29) is 11.4 Å². The van der Waals surface area contributed by atoms with Crippen molar-refractivity contribution in [3.8, 4) is 5.75 Å². The number of hydrogen-bond donors (Lipinski definition) is 1. The molecule has 1 heterocycles. The summed E-state index contributed by atoms with van der Waals surface area (Å²) in [5.74, 6) is -1.17. The van der Waals surface area contributed by atoms with Gasteiger partial charge in [0.25, 0.3) is 5.91 Å². The quantitative estimate of drug-likeness (QED) is 0.945. The fraction of sp³-hybridized carbons (Fsp3) is 0.231. The van der Waals surface area contributed by atoms with Crippen LogP contribution in [-0.4, -0.2) is 18.2 Å². The van der Waals surface area contributed by atoms with Gasteiger partial charge in [-0.05, 0) is 19.1 Å². The SMILES string of the molecule is COc1cccc(NC(=O)c2nocc2C)c1C(F)(F)F. The molecule has 0 aliphatic heterocycles. The molecule has 2 rings (SSSR count). The molecule has 0 saturated heterocycles. The fourth-order valence-corrected chi connectivity index (χ4v) is 1.79. The molecule has 0 aliphatic rings. The maximum absolute atomic E-state index is 13.1. The van der Waals surface area contributed by atoms with Crippen molar-refractivity contribution in [3.63, 3.8) is 0 Å². The van der Waals surface area contributed by atoms with Gasteiger partial charge in [-0.3, -0.25) is 4.79 Å². The highest BCUT2D eigenvalue weighted by Crippen LogP contribution is 2.41. The van der Waals surface area contributed by atoms with E-state index >= 15 is 0 Å². The number of amides is 1. The average Bonchev–Trinajstić information content (AvgIpc) is 2.83. The zero-order valence-corrected chi connectivity index (χ0v) is 11.1. The van der Waals surface area contributed by atoms with Crippen molar-refractivity contribution in [2.24, 2.45) is 0 Å². The monoisotopic (exact) mass is 300 g/mol. The normalized spacial score (nSPS) is 11.3. The summed E-state index contributed by atoms with van der Waals surface area (Å²) in [6.07, 6.45) is -3.45. The first kappa shape index (κ1) is 14.9. The number of carbonyl (C=O) groups excluding carboxylic acids is 1. The first-order valence-corrected chi connectivity index (χ1v) is 5.81. The summed E-state index contributed by atoms with van der Waals surface area (Å²) in [5.41, 5.74) is -1.12. The van der Waals surface area contributed by atoms with Crippen LogP contribution in [0.4, 0.5) is 18.9 Å². The second kappa shape index (κ2) is 5.47.